The minimum absolute atomic E-state index is 0.00821. The van der Waals surface area contributed by atoms with E-state index in [0.717, 1.165) is 5.56 Å². The van der Waals surface area contributed by atoms with Crippen LogP contribution in [0.2, 0.25) is 0 Å². The van der Waals surface area contributed by atoms with Crippen LogP contribution in [0.25, 0.3) is 0 Å². The van der Waals surface area contributed by atoms with Crippen LogP contribution in [0.15, 0.2) is 24.3 Å². The lowest BCUT2D eigenvalue weighted by Crippen LogP contribution is -2.22. The molecule has 20 heavy (non-hydrogen) atoms. The predicted octanol–water partition coefficient (Wildman–Crippen LogP) is 1.82. The fourth-order valence-electron chi connectivity index (χ4n) is 3.65. The number of ketones is 1. The number of fused-ring (bicyclic) bond motifs is 1. The van der Waals surface area contributed by atoms with E-state index >= 15 is 0 Å². The summed E-state index contributed by atoms with van der Waals surface area (Å²) in [5.41, 5.74) is 0.00726. The molecule has 104 valence electrons. The molecule has 1 aromatic rings. The first-order valence-electron chi connectivity index (χ1n) is 6.46. The lowest BCUT2D eigenvalue weighted by molar-refractivity contribution is -0.384. The standard InChI is InChI=1S/C14H13NO5/c16-11-6-5-10-12(13(17)18)14(10,11)7-8-1-3-9(4-2-8)15(19)20/h1-4,10,12H,5-7H2,(H,17,18)/t10-,12-,14-/m0/s1. The lowest BCUT2D eigenvalue weighted by Gasteiger charge is -2.12. The third-order valence-electron chi connectivity index (χ3n) is 4.62. The van der Waals surface area contributed by atoms with Gasteiger partial charge >= 0.3 is 5.97 Å². The fraction of sp³-hybridized carbons (Fsp3) is 0.429. The number of carbonyl (C=O) groups is 2. The van der Waals surface area contributed by atoms with Gasteiger partial charge in [-0.3, -0.25) is 19.7 Å². The largest absolute Gasteiger partial charge is 0.481 e. The summed E-state index contributed by atoms with van der Waals surface area (Å²) in [5, 5.41) is 19.8. The number of carboxylic acid groups (broad SMARTS) is 1. The molecule has 0 spiro atoms. The van der Waals surface area contributed by atoms with Gasteiger partial charge in [-0.2, -0.15) is 0 Å². The van der Waals surface area contributed by atoms with E-state index in [1.807, 2.05) is 0 Å². The number of nitrogens with zero attached hydrogens (tertiary/aromatic N) is 1. The summed E-state index contributed by atoms with van der Waals surface area (Å²) in [7, 11) is 0. The summed E-state index contributed by atoms with van der Waals surface area (Å²) < 4.78 is 0. The lowest BCUT2D eigenvalue weighted by atomic mass is 9.90. The molecule has 6 nitrogen and oxygen atoms in total. The van der Waals surface area contributed by atoms with E-state index in [1.54, 1.807) is 12.1 Å². The molecule has 0 amide bonds. The molecule has 3 rings (SSSR count). The van der Waals surface area contributed by atoms with Gasteiger partial charge in [-0.25, -0.2) is 0 Å². The molecular formula is C14H13NO5. The molecular weight excluding hydrogens is 262 g/mol. The van der Waals surface area contributed by atoms with E-state index in [1.165, 1.54) is 12.1 Å². The SMILES string of the molecule is O=C(O)[C@@H]1[C@@H]2CCC(=O)[C@@]12Cc1ccc([N+](=O)[O-])cc1. The number of hydrogen-bond donors (Lipinski definition) is 1. The Hall–Kier alpha value is -2.24. The van der Waals surface area contributed by atoms with E-state index in [4.69, 9.17) is 0 Å². The molecule has 0 unspecified atom stereocenters. The molecule has 1 aromatic carbocycles. The maximum Gasteiger partial charge on any atom is 0.307 e. The normalized spacial score (nSPS) is 30.9. The fourth-order valence-corrected chi connectivity index (χ4v) is 3.65. The van der Waals surface area contributed by atoms with Gasteiger partial charge in [0.2, 0.25) is 0 Å². The molecule has 0 radical (unpaired) electrons. The zero-order valence-corrected chi connectivity index (χ0v) is 10.6. The molecule has 1 N–H and O–H groups in total. The number of benzene rings is 1. The Kier molecular flexibility index (Phi) is 2.64. The molecule has 0 heterocycles. The number of aliphatic carboxylic acids is 1. The molecule has 0 saturated heterocycles. The quantitative estimate of drug-likeness (QED) is 0.667. The summed E-state index contributed by atoms with van der Waals surface area (Å²) in [4.78, 5) is 33.4. The first kappa shape index (κ1) is 12.8. The second kappa shape index (κ2) is 4.13. The van der Waals surface area contributed by atoms with Crippen LogP contribution in [-0.2, 0) is 16.0 Å². The topological polar surface area (TPSA) is 97.5 Å². The molecule has 2 aliphatic carbocycles. The van der Waals surface area contributed by atoms with Gasteiger partial charge in [0.15, 0.2) is 0 Å². The number of nitro benzene ring substituents is 1. The van der Waals surface area contributed by atoms with Crippen LogP contribution in [-0.4, -0.2) is 21.8 Å². The highest BCUT2D eigenvalue weighted by Crippen LogP contribution is 2.67. The van der Waals surface area contributed by atoms with Crippen molar-refractivity contribution in [3.8, 4) is 0 Å². The van der Waals surface area contributed by atoms with Crippen molar-refractivity contribution in [1.82, 2.24) is 0 Å². The van der Waals surface area contributed by atoms with Crippen LogP contribution in [0.5, 0.6) is 0 Å². The van der Waals surface area contributed by atoms with Gasteiger partial charge in [0.25, 0.3) is 5.69 Å². The maximum atomic E-state index is 12.1. The second-order valence-corrected chi connectivity index (χ2v) is 5.52. The van der Waals surface area contributed by atoms with Crippen molar-refractivity contribution in [2.75, 3.05) is 0 Å². The van der Waals surface area contributed by atoms with Gasteiger partial charge in [-0.05, 0) is 24.3 Å². The van der Waals surface area contributed by atoms with Crippen molar-refractivity contribution in [2.45, 2.75) is 19.3 Å². The Morgan fingerprint density at radius 1 is 1.40 bits per heavy atom. The van der Waals surface area contributed by atoms with Crippen LogP contribution < -0.4 is 0 Å². The smallest absolute Gasteiger partial charge is 0.307 e. The van der Waals surface area contributed by atoms with Gasteiger partial charge in [0.05, 0.1) is 16.3 Å². The summed E-state index contributed by atoms with van der Waals surface area (Å²) in [6.07, 6.45) is 1.45. The number of hydrogen-bond acceptors (Lipinski definition) is 4. The van der Waals surface area contributed by atoms with Gasteiger partial charge in [-0.15, -0.1) is 0 Å². The zero-order chi connectivity index (χ0) is 14.5. The minimum atomic E-state index is -0.912. The predicted molar refractivity (Wildman–Crippen MR) is 68.1 cm³/mol. The molecule has 2 saturated carbocycles. The zero-order valence-electron chi connectivity index (χ0n) is 10.6. The van der Waals surface area contributed by atoms with Crippen molar-refractivity contribution < 1.29 is 19.6 Å². The molecule has 0 bridgehead atoms. The van der Waals surface area contributed by atoms with E-state index in [-0.39, 0.29) is 17.4 Å². The molecule has 0 aliphatic heterocycles. The summed E-state index contributed by atoms with van der Waals surface area (Å²) in [5.74, 6) is -1.54. The Labute approximate surface area is 114 Å². The van der Waals surface area contributed by atoms with Crippen LogP contribution in [0, 0.1) is 27.4 Å². The van der Waals surface area contributed by atoms with Crippen LogP contribution in [0.3, 0.4) is 0 Å². The van der Waals surface area contributed by atoms with Crippen LogP contribution >= 0.6 is 0 Å². The first-order valence-corrected chi connectivity index (χ1v) is 6.46. The molecule has 0 aromatic heterocycles. The highest BCUT2D eigenvalue weighted by Gasteiger charge is 2.74. The highest BCUT2D eigenvalue weighted by molar-refractivity contribution is 5.98. The Morgan fingerprint density at radius 3 is 2.55 bits per heavy atom. The monoisotopic (exact) mass is 275 g/mol. The van der Waals surface area contributed by atoms with E-state index in [9.17, 15) is 24.8 Å². The van der Waals surface area contributed by atoms with E-state index < -0.39 is 22.2 Å². The Balaban J connectivity index is 1.85. The van der Waals surface area contributed by atoms with Crippen LogP contribution in [0.4, 0.5) is 5.69 Å². The number of nitro groups is 1. The number of rotatable bonds is 4. The average Bonchev–Trinajstić information content (AvgIpc) is 2.95. The van der Waals surface area contributed by atoms with Crippen molar-refractivity contribution in [1.29, 1.82) is 0 Å². The van der Waals surface area contributed by atoms with Crippen molar-refractivity contribution >= 4 is 17.4 Å². The van der Waals surface area contributed by atoms with Crippen molar-refractivity contribution in [2.24, 2.45) is 17.3 Å². The summed E-state index contributed by atoms with van der Waals surface area (Å²) in [6, 6.07) is 5.98. The first-order chi connectivity index (χ1) is 9.46. The molecule has 6 heteroatoms. The molecule has 3 atom stereocenters. The van der Waals surface area contributed by atoms with Crippen molar-refractivity contribution in [3.63, 3.8) is 0 Å². The van der Waals surface area contributed by atoms with Gasteiger partial charge in [-0.1, -0.05) is 12.1 Å². The molecule has 2 fully saturated rings. The van der Waals surface area contributed by atoms with E-state index in [2.05, 4.69) is 0 Å². The molecule has 2 aliphatic rings. The average molecular weight is 275 g/mol. The number of carboxylic acids is 1. The highest BCUT2D eigenvalue weighted by atomic mass is 16.6. The third-order valence-corrected chi connectivity index (χ3v) is 4.62. The maximum absolute atomic E-state index is 12.1. The Bertz CT molecular complexity index is 608. The van der Waals surface area contributed by atoms with Gasteiger partial charge < -0.3 is 5.11 Å². The number of Topliss-reactive ketones (excluding diaryl/α,β-unsaturated/α-hetero) is 1. The summed E-state index contributed by atoms with van der Waals surface area (Å²) in [6.45, 7) is 0. The van der Waals surface area contributed by atoms with Crippen molar-refractivity contribution in [3.05, 3.63) is 39.9 Å². The van der Waals surface area contributed by atoms with Gasteiger partial charge in [0.1, 0.15) is 5.78 Å². The Morgan fingerprint density at radius 2 is 2.05 bits per heavy atom. The van der Waals surface area contributed by atoms with E-state index in [0.29, 0.717) is 19.3 Å². The summed E-state index contributed by atoms with van der Waals surface area (Å²) >= 11 is 0. The minimum Gasteiger partial charge on any atom is -0.481 e. The second-order valence-electron chi connectivity index (χ2n) is 5.52. The van der Waals surface area contributed by atoms with Gasteiger partial charge in [0, 0.05) is 18.6 Å². The number of carbonyl (C=O) groups excluding carboxylic acids is 1. The number of non-ortho nitro benzene ring substituents is 1. The third kappa shape index (κ3) is 1.64. The van der Waals surface area contributed by atoms with Crippen LogP contribution in [0.1, 0.15) is 18.4 Å².